The molecule has 0 aromatic heterocycles. The van der Waals surface area contributed by atoms with E-state index in [1.54, 1.807) is 31.2 Å². The Balaban J connectivity index is 1.43. The summed E-state index contributed by atoms with van der Waals surface area (Å²) in [4.78, 5) is 40.9. The Bertz CT molecular complexity index is 1270. The monoisotopic (exact) mass is 522 g/mol. The molecule has 2 N–H and O–H groups in total. The van der Waals surface area contributed by atoms with E-state index < -0.39 is 34.1 Å². The maximum atomic E-state index is 13.0. The minimum absolute atomic E-state index is 0.0382. The van der Waals surface area contributed by atoms with Crippen molar-refractivity contribution < 1.29 is 27.5 Å². The van der Waals surface area contributed by atoms with Gasteiger partial charge >= 0.3 is 0 Å². The van der Waals surface area contributed by atoms with Crippen LogP contribution in [-0.2, 0) is 29.1 Å². The number of hydrogen-bond donors (Lipinski definition) is 2. The van der Waals surface area contributed by atoms with E-state index >= 15 is 0 Å². The maximum absolute atomic E-state index is 13.0. The van der Waals surface area contributed by atoms with Gasteiger partial charge in [0, 0.05) is 25.2 Å². The van der Waals surface area contributed by atoms with Crippen LogP contribution in [0.5, 0.6) is 0 Å². The van der Waals surface area contributed by atoms with Crippen LogP contribution >= 0.6 is 11.6 Å². The van der Waals surface area contributed by atoms with Gasteiger partial charge in [0.1, 0.15) is 12.1 Å². The second kappa shape index (κ2) is 10.1. The van der Waals surface area contributed by atoms with Crippen molar-refractivity contribution in [3.63, 3.8) is 0 Å². The number of carbonyl (C=O) groups excluding carboxylic acids is 3. The second-order valence-corrected chi connectivity index (χ2v) is 10.7. The summed E-state index contributed by atoms with van der Waals surface area (Å²) in [6.45, 7) is 2.45. The third kappa shape index (κ3) is 5.27. The van der Waals surface area contributed by atoms with Gasteiger partial charge in [-0.1, -0.05) is 23.7 Å². The first kappa shape index (κ1) is 25.4. The number of carbonyl (C=O) groups is 3. The number of fused-ring (bicyclic) bond motifs is 1. The SMILES string of the molecule is CNC(=O)C1CN(C(=O)[C@H](C)N2CC[C@H](NS(=O)(=O)c3ccc4cc(Cl)ccc4c3)C2=O)CCO1. The van der Waals surface area contributed by atoms with Gasteiger partial charge in [-0.3, -0.25) is 14.4 Å². The second-order valence-electron chi connectivity index (χ2n) is 8.58. The van der Waals surface area contributed by atoms with Gasteiger partial charge < -0.3 is 19.9 Å². The van der Waals surface area contributed by atoms with E-state index in [1.165, 1.54) is 29.0 Å². The highest BCUT2D eigenvalue weighted by atomic mass is 35.5. The number of halogens is 1. The fraction of sp³-hybridized carbons (Fsp3) is 0.435. The van der Waals surface area contributed by atoms with Gasteiger partial charge in [-0.2, -0.15) is 4.72 Å². The molecular weight excluding hydrogens is 496 g/mol. The van der Waals surface area contributed by atoms with Crippen molar-refractivity contribution in [1.29, 1.82) is 0 Å². The fourth-order valence-electron chi connectivity index (χ4n) is 4.38. The molecule has 4 rings (SSSR count). The van der Waals surface area contributed by atoms with Crippen LogP contribution in [0.1, 0.15) is 13.3 Å². The first-order valence-corrected chi connectivity index (χ1v) is 13.1. The molecular formula is C23H27ClN4O6S. The van der Waals surface area contributed by atoms with Crippen molar-refractivity contribution in [1.82, 2.24) is 19.8 Å². The lowest BCUT2D eigenvalue weighted by molar-refractivity contribution is -0.152. The standard InChI is InChI=1S/C23H27ClN4O6S/c1-14(22(30)27-9-10-34-20(13-27)21(29)25-2)28-8-7-19(23(28)31)26-35(32,33)18-6-4-15-11-17(24)5-3-16(15)12-18/h3-6,11-12,14,19-20,26H,7-10,13H2,1-2H3,(H,25,29)/t14-,19-,20?/m0/s1. The van der Waals surface area contributed by atoms with Gasteiger partial charge in [-0.05, 0) is 48.4 Å². The van der Waals surface area contributed by atoms with E-state index in [4.69, 9.17) is 16.3 Å². The summed E-state index contributed by atoms with van der Waals surface area (Å²) >= 11 is 5.99. The molecule has 0 saturated carbocycles. The van der Waals surface area contributed by atoms with Crippen molar-refractivity contribution in [3.05, 3.63) is 41.4 Å². The smallest absolute Gasteiger partial charge is 0.250 e. The third-order valence-corrected chi connectivity index (χ3v) is 8.07. The van der Waals surface area contributed by atoms with Crippen molar-refractivity contribution >= 4 is 50.1 Å². The number of nitrogens with zero attached hydrogens (tertiary/aromatic N) is 2. The summed E-state index contributed by atoms with van der Waals surface area (Å²) in [6, 6.07) is 8.02. The van der Waals surface area contributed by atoms with E-state index in [9.17, 15) is 22.8 Å². The number of amides is 3. The molecule has 2 aromatic rings. The molecule has 3 amide bonds. The van der Waals surface area contributed by atoms with Gasteiger partial charge in [0.15, 0.2) is 6.10 Å². The predicted molar refractivity (Wildman–Crippen MR) is 129 cm³/mol. The van der Waals surface area contributed by atoms with Crippen LogP contribution in [0.2, 0.25) is 5.02 Å². The first-order chi connectivity index (χ1) is 16.6. The molecule has 188 valence electrons. The Morgan fingerprint density at radius 1 is 1.14 bits per heavy atom. The third-order valence-electron chi connectivity index (χ3n) is 6.36. The lowest BCUT2D eigenvalue weighted by atomic mass is 10.1. The summed E-state index contributed by atoms with van der Waals surface area (Å²) in [5, 5.41) is 4.55. The van der Waals surface area contributed by atoms with Gasteiger partial charge in [-0.15, -0.1) is 0 Å². The number of rotatable bonds is 6. The molecule has 2 saturated heterocycles. The summed E-state index contributed by atoms with van der Waals surface area (Å²) in [6.07, 6.45) is -0.528. The highest BCUT2D eigenvalue weighted by molar-refractivity contribution is 7.89. The molecule has 2 heterocycles. The molecule has 0 radical (unpaired) electrons. The largest absolute Gasteiger partial charge is 0.365 e. The topological polar surface area (TPSA) is 125 Å². The predicted octanol–water partition coefficient (Wildman–Crippen LogP) is 0.734. The highest BCUT2D eigenvalue weighted by Crippen LogP contribution is 2.24. The molecule has 1 unspecified atom stereocenters. The molecule has 2 aromatic carbocycles. The quantitative estimate of drug-likeness (QED) is 0.576. The number of likely N-dealkylation sites (N-methyl/N-ethyl adjacent to an activating group) is 1. The minimum Gasteiger partial charge on any atom is -0.365 e. The summed E-state index contributed by atoms with van der Waals surface area (Å²) in [5.41, 5.74) is 0. The zero-order valence-corrected chi connectivity index (χ0v) is 20.9. The molecule has 0 spiro atoms. The molecule has 0 aliphatic carbocycles. The van der Waals surface area contributed by atoms with Gasteiger partial charge in [0.2, 0.25) is 21.8 Å². The Morgan fingerprint density at radius 3 is 2.60 bits per heavy atom. The van der Waals surface area contributed by atoms with Gasteiger partial charge in [0.05, 0.1) is 18.0 Å². The average Bonchev–Trinajstić information content (AvgIpc) is 3.21. The van der Waals surface area contributed by atoms with Crippen molar-refractivity contribution in [2.24, 2.45) is 0 Å². The number of ether oxygens (including phenoxy) is 1. The van der Waals surface area contributed by atoms with Crippen LogP contribution < -0.4 is 10.0 Å². The molecule has 2 aliphatic rings. The van der Waals surface area contributed by atoms with Crippen molar-refractivity contribution in [3.8, 4) is 0 Å². The maximum Gasteiger partial charge on any atom is 0.250 e. The first-order valence-electron chi connectivity index (χ1n) is 11.2. The van der Waals surface area contributed by atoms with Crippen LogP contribution in [0.25, 0.3) is 10.8 Å². The number of morpholine rings is 1. The van der Waals surface area contributed by atoms with Gasteiger partial charge in [-0.25, -0.2) is 8.42 Å². The number of sulfonamides is 1. The van der Waals surface area contributed by atoms with Gasteiger partial charge in [0.25, 0.3) is 5.91 Å². The lowest BCUT2D eigenvalue weighted by Crippen LogP contribution is -2.56. The minimum atomic E-state index is -3.97. The average molecular weight is 523 g/mol. The van der Waals surface area contributed by atoms with E-state index in [1.807, 2.05) is 0 Å². The van der Waals surface area contributed by atoms with Crippen LogP contribution in [0, 0.1) is 0 Å². The summed E-state index contributed by atoms with van der Waals surface area (Å²) in [7, 11) is -2.48. The molecule has 3 atom stereocenters. The fourth-order valence-corrected chi connectivity index (χ4v) is 5.82. The Kier molecular flexibility index (Phi) is 7.32. The van der Waals surface area contributed by atoms with Crippen LogP contribution in [-0.4, -0.2) is 87.4 Å². The molecule has 2 fully saturated rings. The van der Waals surface area contributed by atoms with E-state index in [0.717, 1.165) is 5.39 Å². The molecule has 2 aliphatic heterocycles. The molecule has 35 heavy (non-hydrogen) atoms. The van der Waals surface area contributed by atoms with E-state index in [2.05, 4.69) is 10.0 Å². The normalized spacial score (nSPS) is 21.9. The number of benzene rings is 2. The summed E-state index contributed by atoms with van der Waals surface area (Å²) in [5.74, 6) is -1.09. The number of nitrogens with one attached hydrogen (secondary N) is 2. The molecule has 0 bridgehead atoms. The van der Waals surface area contributed by atoms with Crippen LogP contribution in [0.15, 0.2) is 41.3 Å². The Morgan fingerprint density at radius 2 is 1.86 bits per heavy atom. The molecule has 12 heteroatoms. The zero-order chi connectivity index (χ0) is 25.3. The Labute approximate surface area is 208 Å². The lowest BCUT2D eigenvalue weighted by Gasteiger charge is -2.35. The highest BCUT2D eigenvalue weighted by Gasteiger charge is 2.41. The van der Waals surface area contributed by atoms with E-state index in [-0.39, 0.29) is 42.8 Å². The van der Waals surface area contributed by atoms with Crippen molar-refractivity contribution in [2.75, 3.05) is 33.3 Å². The van der Waals surface area contributed by atoms with Crippen molar-refractivity contribution in [2.45, 2.75) is 36.4 Å². The molecule has 10 nitrogen and oxygen atoms in total. The summed E-state index contributed by atoms with van der Waals surface area (Å²) < 4.78 is 33.9. The Hall–Kier alpha value is -2.73. The van der Waals surface area contributed by atoms with E-state index in [0.29, 0.717) is 17.0 Å². The number of hydrogen-bond acceptors (Lipinski definition) is 6. The zero-order valence-electron chi connectivity index (χ0n) is 19.4. The van der Waals surface area contributed by atoms with Crippen LogP contribution in [0.4, 0.5) is 0 Å². The van der Waals surface area contributed by atoms with Crippen LogP contribution in [0.3, 0.4) is 0 Å². The number of likely N-dealkylation sites (tertiary alicyclic amines) is 1.